The molecule has 0 saturated carbocycles. The van der Waals surface area contributed by atoms with E-state index in [1.54, 1.807) is 0 Å². The Kier molecular flexibility index (Phi) is 4.15. The lowest BCUT2D eigenvalue weighted by molar-refractivity contribution is 0.191. The van der Waals surface area contributed by atoms with Crippen molar-refractivity contribution in [3.63, 3.8) is 0 Å². The van der Waals surface area contributed by atoms with Crippen LogP contribution in [0.2, 0.25) is 0 Å². The van der Waals surface area contributed by atoms with Crippen LogP contribution in [0.5, 0.6) is 0 Å². The number of nitrogens with zero attached hydrogens (tertiary/aromatic N) is 2. The minimum Gasteiger partial charge on any atom is -0.460 e. The number of rotatable bonds is 4. The lowest BCUT2D eigenvalue weighted by Crippen LogP contribution is -2.32. The number of hydrogen-bond donors (Lipinski definition) is 1. The zero-order valence-corrected chi connectivity index (χ0v) is 14.5. The van der Waals surface area contributed by atoms with Crippen LogP contribution in [0.25, 0.3) is 11.0 Å². The summed E-state index contributed by atoms with van der Waals surface area (Å²) in [5.41, 5.74) is 3.47. The van der Waals surface area contributed by atoms with Gasteiger partial charge in [0.1, 0.15) is 11.3 Å². The van der Waals surface area contributed by atoms with Gasteiger partial charge in [-0.15, -0.1) is 0 Å². The van der Waals surface area contributed by atoms with Crippen molar-refractivity contribution >= 4 is 11.0 Å². The molecular formula is C20H25N3O. The molecule has 126 valence electrons. The number of hydrogen-bond acceptors (Lipinski definition) is 3. The van der Waals surface area contributed by atoms with E-state index in [9.17, 15) is 0 Å². The summed E-state index contributed by atoms with van der Waals surface area (Å²) in [5, 5.41) is 8.90. The van der Waals surface area contributed by atoms with E-state index in [1.807, 2.05) is 12.1 Å². The number of para-hydroxylation sites is 1. The summed E-state index contributed by atoms with van der Waals surface area (Å²) < 4.78 is 5.95. The first kappa shape index (κ1) is 15.5. The van der Waals surface area contributed by atoms with Gasteiger partial charge in [-0.25, -0.2) is 0 Å². The Bertz CT molecular complexity index is 776. The second-order valence-electron chi connectivity index (χ2n) is 7.20. The number of furan rings is 1. The topological polar surface area (TPSA) is 45.1 Å². The number of nitrogens with one attached hydrogen (secondary N) is 1. The highest BCUT2D eigenvalue weighted by Gasteiger charge is 2.23. The van der Waals surface area contributed by atoms with Crippen molar-refractivity contribution < 1.29 is 4.42 Å². The van der Waals surface area contributed by atoms with Crippen molar-refractivity contribution in [2.45, 2.75) is 45.1 Å². The first-order valence-electron chi connectivity index (χ1n) is 8.94. The minimum absolute atomic E-state index is 0.489. The molecule has 24 heavy (non-hydrogen) atoms. The molecule has 0 bridgehead atoms. The maximum Gasteiger partial charge on any atom is 0.134 e. The van der Waals surface area contributed by atoms with Crippen molar-refractivity contribution in [3.8, 4) is 0 Å². The Morgan fingerprint density at radius 1 is 1.21 bits per heavy atom. The standard InChI is InChI=1S/C20H25N3O/c1-14(2)18-12-19(22-21-18)15-7-9-23(10-8-15)13-17-11-16-5-3-4-6-20(16)24-17/h3-6,11-12,14-15H,7-10,13H2,1-2H3,(H,21,22). The first-order valence-corrected chi connectivity index (χ1v) is 8.94. The zero-order chi connectivity index (χ0) is 16.5. The quantitative estimate of drug-likeness (QED) is 0.759. The fourth-order valence-corrected chi connectivity index (χ4v) is 3.60. The van der Waals surface area contributed by atoms with Gasteiger partial charge >= 0.3 is 0 Å². The molecule has 1 fully saturated rings. The fraction of sp³-hybridized carbons (Fsp3) is 0.450. The molecule has 2 aromatic heterocycles. The molecule has 4 nitrogen and oxygen atoms in total. The van der Waals surface area contributed by atoms with E-state index in [4.69, 9.17) is 4.42 Å². The number of H-pyrrole nitrogens is 1. The predicted octanol–water partition coefficient (Wildman–Crippen LogP) is 4.66. The van der Waals surface area contributed by atoms with Gasteiger partial charge in [-0.3, -0.25) is 10.00 Å². The third-order valence-electron chi connectivity index (χ3n) is 5.09. The highest BCUT2D eigenvalue weighted by Crippen LogP contribution is 2.29. The Morgan fingerprint density at radius 2 is 2.00 bits per heavy atom. The molecule has 3 heterocycles. The van der Waals surface area contributed by atoms with Gasteiger partial charge in [-0.1, -0.05) is 32.0 Å². The van der Waals surface area contributed by atoms with Crippen molar-refractivity contribution in [1.82, 2.24) is 15.1 Å². The molecule has 0 aliphatic carbocycles. The van der Waals surface area contributed by atoms with E-state index in [1.165, 1.54) is 29.6 Å². The van der Waals surface area contributed by atoms with Crippen molar-refractivity contribution in [1.29, 1.82) is 0 Å². The van der Waals surface area contributed by atoms with E-state index in [-0.39, 0.29) is 0 Å². The van der Waals surface area contributed by atoms with Crippen LogP contribution in [-0.2, 0) is 6.54 Å². The summed E-state index contributed by atoms with van der Waals surface area (Å²) in [5.74, 6) is 2.17. The van der Waals surface area contributed by atoms with Crippen LogP contribution < -0.4 is 0 Å². The third kappa shape index (κ3) is 3.11. The van der Waals surface area contributed by atoms with Gasteiger partial charge in [0.05, 0.1) is 12.2 Å². The van der Waals surface area contributed by atoms with Crippen LogP contribution in [0.4, 0.5) is 0 Å². The minimum atomic E-state index is 0.489. The van der Waals surface area contributed by atoms with Crippen LogP contribution in [0.1, 0.15) is 55.7 Å². The molecule has 4 heteroatoms. The smallest absolute Gasteiger partial charge is 0.134 e. The summed E-state index contributed by atoms with van der Waals surface area (Å²) in [6.07, 6.45) is 2.36. The largest absolute Gasteiger partial charge is 0.460 e. The van der Waals surface area contributed by atoms with Crippen LogP contribution in [0.3, 0.4) is 0 Å². The molecule has 3 aromatic rings. The second-order valence-corrected chi connectivity index (χ2v) is 7.20. The average molecular weight is 323 g/mol. The summed E-state index contributed by atoms with van der Waals surface area (Å²) in [6, 6.07) is 12.7. The van der Waals surface area contributed by atoms with E-state index >= 15 is 0 Å². The number of piperidine rings is 1. The lowest BCUT2D eigenvalue weighted by Gasteiger charge is -2.30. The Hall–Kier alpha value is -2.07. The lowest BCUT2D eigenvalue weighted by atomic mass is 9.93. The molecule has 4 rings (SSSR count). The van der Waals surface area contributed by atoms with Crippen LogP contribution in [0, 0.1) is 0 Å². The molecule has 0 atom stereocenters. The van der Waals surface area contributed by atoms with Crippen molar-refractivity contribution in [3.05, 3.63) is 53.5 Å². The third-order valence-corrected chi connectivity index (χ3v) is 5.09. The van der Waals surface area contributed by atoms with Gasteiger partial charge in [-0.05, 0) is 50.0 Å². The SMILES string of the molecule is CC(C)c1cc(C2CCN(Cc3cc4ccccc4o3)CC2)[nH]n1. The molecule has 1 aliphatic heterocycles. The van der Waals surface area contributed by atoms with E-state index in [0.29, 0.717) is 11.8 Å². The monoisotopic (exact) mass is 323 g/mol. The summed E-state index contributed by atoms with van der Waals surface area (Å²) >= 11 is 0. The van der Waals surface area contributed by atoms with Crippen LogP contribution in [-0.4, -0.2) is 28.2 Å². The first-order chi connectivity index (χ1) is 11.7. The number of benzene rings is 1. The highest BCUT2D eigenvalue weighted by molar-refractivity contribution is 5.77. The molecule has 0 radical (unpaired) electrons. The average Bonchev–Trinajstić information content (AvgIpc) is 3.22. The molecule has 1 saturated heterocycles. The maximum atomic E-state index is 5.95. The van der Waals surface area contributed by atoms with Gasteiger partial charge in [-0.2, -0.15) is 5.10 Å². The van der Waals surface area contributed by atoms with E-state index in [0.717, 1.165) is 31.0 Å². The molecule has 1 N–H and O–H groups in total. The van der Waals surface area contributed by atoms with Gasteiger partial charge in [0.2, 0.25) is 0 Å². The van der Waals surface area contributed by atoms with Crippen molar-refractivity contribution in [2.24, 2.45) is 0 Å². The van der Waals surface area contributed by atoms with Gasteiger partial charge < -0.3 is 4.42 Å². The molecule has 1 aromatic carbocycles. The molecule has 0 spiro atoms. The molecule has 1 aliphatic rings. The summed E-state index contributed by atoms with van der Waals surface area (Å²) in [6.45, 7) is 7.50. The number of aromatic amines is 1. The molecule has 0 unspecified atom stereocenters. The number of fused-ring (bicyclic) bond motifs is 1. The summed E-state index contributed by atoms with van der Waals surface area (Å²) in [4.78, 5) is 2.49. The van der Waals surface area contributed by atoms with Crippen LogP contribution >= 0.6 is 0 Å². The second kappa shape index (κ2) is 6.44. The van der Waals surface area contributed by atoms with Gasteiger partial charge in [0.15, 0.2) is 0 Å². The van der Waals surface area contributed by atoms with E-state index < -0.39 is 0 Å². The highest BCUT2D eigenvalue weighted by atomic mass is 16.3. The number of likely N-dealkylation sites (tertiary alicyclic amines) is 1. The normalized spacial score (nSPS) is 17.1. The predicted molar refractivity (Wildman–Crippen MR) is 96.1 cm³/mol. The molecule has 0 amide bonds. The number of aromatic nitrogens is 2. The zero-order valence-electron chi connectivity index (χ0n) is 14.5. The summed E-state index contributed by atoms with van der Waals surface area (Å²) in [7, 11) is 0. The Morgan fingerprint density at radius 3 is 2.71 bits per heavy atom. The van der Waals surface area contributed by atoms with Crippen molar-refractivity contribution in [2.75, 3.05) is 13.1 Å². The van der Waals surface area contributed by atoms with E-state index in [2.05, 4.69) is 53.2 Å². The Labute approximate surface area is 142 Å². The fourth-order valence-electron chi connectivity index (χ4n) is 3.60. The molecular weight excluding hydrogens is 298 g/mol. The Balaban J connectivity index is 1.37. The van der Waals surface area contributed by atoms with Crippen LogP contribution in [0.15, 0.2) is 40.8 Å². The van der Waals surface area contributed by atoms with Gasteiger partial charge in [0, 0.05) is 17.0 Å². The maximum absolute atomic E-state index is 5.95. The van der Waals surface area contributed by atoms with Gasteiger partial charge in [0.25, 0.3) is 0 Å².